The number of hydrogen-bond donors (Lipinski definition) is 2. The average molecular weight is 424 g/mol. The average Bonchev–Trinajstić information content (AvgIpc) is 3.47. The molecular formula is C21H21FN6O3. The van der Waals surface area contributed by atoms with Gasteiger partial charge >= 0.3 is 5.69 Å². The highest BCUT2D eigenvalue weighted by Crippen LogP contribution is 2.36. The van der Waals surface area contributed by atoms with Crippen LogP contribution in [0.4, 0.5) is 10.2 Å². The molecule has 160 valence electrons. The third kappa shape index (κ3) is 3.51. The second-order valence-corrected chi connectivity index (χ2v) is 8.13. The van der Waals surface area contributed by atoms with Crippen LogP contribution in [0.15, 0.2) is 29.1 Å². The Morgan fingerprint density at radius 1 is 1.32 bits per heavy atom. The molecule has 1 atom stereocenters. The molecule has 2 aromatic rings. The topological polar surface area (TPSA) is 112 Å². The Morgan fingerprint density at radius 3 is 2.94 bits per heavy atom. The molecule has 1 saturated carbocycles. The zero-order valence-corrected chi connectivity index (χ0v) is 16.7. The van der Waals surface area contributed by atoms with Gasteiger partial charge in [0.2, 0.25) is 11.8 Å². The standard InChI is InChI=1S/C21H21FN6O3/c22-16-2-1-13(7-14(16)9-23)12-31-17-8-18-27-6-5-24-19(29)21(3-4-21)25-10-15(27)11-28(18)20(30)26-17/h1-2,7-8,15,25H,3-6,10-12H2,(H,24,29). The molecule has 3 aliphatic rings. The SMILES string of the molecule is N#Cc1cc(COc2cc3n(c(=O)n2)CC2CNC4(CC4)C(=O)NCCN32)ccc1F. The van der Waals surface area contributed by atoms with Crippen molar-refractivity contribution in [2.24, 2.45) is 0 Å². The van der Waals surface area contributed by atoms with Crippen LogP contribution in [-0.2, 0) is 17.9 Å². The van der Waals surface area contributed by atoms with Crippen molar-refractivity contribution in [2.75, 3.05) is 24.5 Å². The number of aromatic nitrogens is 2. The van der Waals surface area contributed by atoms with Gasteiger partial charge in [-0.05, 0) is 30.5 Å². The first-order valence-electron chi connectivity index (χ1n) is 10.2. The molecule has 2 aliphatic heterocycles. The summed E-state index contributed by atoms with van der Waals surface area (Å²) >= 11 is 0. The van der Waals surface area contributed by atoms with Gasteiger partial charge in [0.15, 0.2) is 0 Å². The zero-order chi connectivity index (χ0) is 21.6. The van der Waals surface area contributed by atoms with Crippen LogP contribution < -0.4 is 26.0 Å². The summed E-state index contributed by atoms with van der Waals surface area (Å²) in [7, 11) is 0. The first kappa shape index (κ1) is 19.5. The van der Waals surface area contributed by atoms with Gasteiger partial charge in [-0.15, -0.1) is 0 Å². The third-order valence-corrected chi connectivity index (χ3v) is 6.13. The van der Waals surface area contributed by atoms with Gasteiger partial charge in [0.25, 0.3) is 0 Å². The van der Waals surface area contributed by atoms with Gasteiger partial charge < -0.3 is 20.3 Å². The molecule has 2 N–H and O–H groups in total. The molecular weight excluding hydrogens is 403 g/mol. The van der Waals surface area contributed by atoms with Crippen molar-refractivity contribution in [3.05, 3.63) is 51.7 Å². The molecule has 1 unspecified atom stereocenters. The van der Waals surface area contributed by atoms with Crippen LogP contribution in [0.5, 0.6) is 5.88 Å². The molecule has 2 fully saturated rings. The first-order chi connectivity index (χ1) is 15.0. The van der Waals surface area contributed by atoms with Crippen molar-refractivity contribution >= 4 is 11.7 Å². The number of halogens is 1. The van der Waals surface area contributed by atoms with Gasteiger partial charge in [0.05, 0.1) is 23.7 Å². The Kier molecular flexibility index (Phi) is 4.63. The molecule has 5 rings (SSSR count). The number of nitrogens with one attached hydrogen (secondary N) is 2. The normalized spacial score (nSPS) is 21.2. The van der Waals surface area contributed by atoms with Crippen LogP contribution in [0.2, 0.25) is 0 Å². The predicted octanol–water partition coefficient (Wildman–Crippen LogP) is 0.274. The summed E-state index contributed by atoms with van der Waals surface area (Å²) in [4.78, 5) is 31.1. The van der Waals surface area contributed by atoms with E-state index in [1.54, 1.807) is 16.7 Å². The summed E-state index contributed by atoms with van der Waals surface area (Å²) in [5, 5.41) is 15.3. The largest absolute Gasteiger partial charge is 0.473 e. The number of carbonyl (C=O) groups is 1. The summed E-state index contributed by atoms with van der Waals surface area (Å²) in [6.45, 7) is 2.19. The number of ether oxygens (including phenoxy) is 1. The van der Waals surface area contributed by atoms with Gasteiger partial charge in [-0.2, -0.15) is 10.2 Å². The van der Waals surface area contributed by atoms with E-state index in [9.17, 15) is 14.0 Å². The number of amides is 1. The molecule has 1 aromatic heterocycles. The van der Waals surface area contributed by atoms with Crippen LogP contribution in [0.3, 0.4) is 0 Å². The van der Waals surface area contributed by atoms with Gasteiger partial charge in [0, 0.05) is 25.7 Å². The highest BCUT2D eigenvalue weighted by molar-refractivity contribution is 5.89. The maximum Gasteiger partial charge on any atom is 0.352 e. The lowest BCUT2D eigenvalue weighted by Gasteiger charge is -2.25. The number of nitrogens with zero attached hydrogens (tertiary/aromatic N) is 4. The zero-order valence-electron chi connectivity index (χ0n) is 16.7. The van der Waals surface area contributed by atoms with E-state index < -0.39 is 17.0 Å². The number of rotatable bonds is 3. The van der Waals surface area contributed by atoms with E-state index in [0.717, 1.165) is 12.8 Å². The quantitative estimate of drug-likeness (QED) is 0.728. The molecule has 10 heteroatoms. The maximum atomic E-state index is 13.5. The fourth-order valence-electron chi connectivity index (χ4n) is 4.21. The molecule has 1 aliphatic carbocycles. The monoisotopic (exact) mass is 424 g/mol. The lowest BCUT2D eigenvalue weighted by atomic mass is 10.1. The van der Waals surface area contributed by atoms with Crippen LogP contribution in [0, 0.1) is 17.1 Å². The van der Waals surface area contributed by atoms with E-state index in [0.29, 0.717) is 37.6 Å². The fourth-order valence-corrected chi connectivity index (χ4v) is 4.21. The molecule has 1 saturated heterocycles. The second-order valence-electron chi connectivity index (χ2n) is 8.13. The molecule has 1 aromatic carbocycles. The van der Waals surface area contributed by atoms with Crippen molar-refractivity contribution in [1.29, 1.82) is 5.26 Å². The Bertz CT molecular complexity index is 1150. The summed E-state index contributed by atoms with van der Waals surface area (Å²) in [5.74, 6) is 0.309. The fraction of sp³-hybridized carbons (Fsp3) is 0.429. The number of benzene rings is 1. The first-order valence-corrected chi connectivity index (χ1v) is 10.2. The summed E-state index contributed by atoms with van der Waals surface area (Å²) in [6.07, 6.45) is 1.66. The molecule has 31 heavy (non-hydrogen) atoms. The lowest BCUT2D eigenvalue weighted by molar-refractivity contribution is -0.124. The van der Waals surface area contributed by atoms with E-state index in [1.165, 1.54) is 18.2 Å². The van der Waals surface area contributed by atoms with Crippen molar-refractivity contribution in [3.63, 3.8) is 0 Å². The smallest absolute Gasteiger partial charge is 0.352 e. The van der Waals surface area contributed by atoms with Crippen LogP contribution in [0.1, 0.15) is 24.0 Å². The van der Waals surface area contributed by atoms with Crippen LogP contribution >= 0.6 is 0 Å². The second kappa shape index (κ2) is 7.35. The van der Waals surface area contributed by atoms with E-state index >= 15 is 0 Å². The van der Waals surface area contributed by atoms with Crippen LogP contribution in [-0.4, -0.2) is 46.7 Å². The maximum absolute atomic E-state index is 13.5. The van der Waals surface area contributed by atoms with Gasteiger partial charge in [-0.25, -0.2) is 9.18 Å². The van der Waals surface area contributed by atoms with Crippen molar-refractivity contribution in [3.8, 4) is 11.9 Å². The summed E-state index contributed by atoms with van der Waals surface area (Å²) in [6, 6.07) is 7.69. The predicted molar refractivity (Wildman–Crippen MR) is 108 cm³/mol. The number of nitriles is 1. The molecule has 1 spiro atoms. The van der Waals surface area contributed by atoms with Gasteiger partial charge in [-0.1, -0.05) is 6.07 Å². The highest BCUT2D eigenvalue weighted by atomic mass is 19.1. The molecule has 1 amide bonds. The van der Waals surface area contributed by atoms with E-state index in [1.807, 2.05) is 0 Å². The van der Waals surface area contributed by atoms with Crippen molar-refractivity contribution < 1.29 is 13.9 Å². The summed E-state index contributed by atoms with van der Waals surface area (Å²) < 4.78 is 20.8. The van der Waals surface area contributed by atoms with Crippen LogP contribution in [0.25, 0.3) is 0 Å². The minimum Gasteiger partial charge on any atom is -0.473 e. The number of carbonyl (C=O) groups excluding carboxylic acids is 1. The Balaban J connectivity index is 1.36. The molecule has 0 radical (unpaired) electrons. The molecule has 3 heterocycles. The Labute approximate surface area is 177 Å². The number of anilines is 1. The highest BCUT2D eigenvalue weighted by Gasteiger charge is 2.50. The Hall–Kier alpha value is -3.45. The third-order valence-electron chi connectivity index (χ3n) is 6.13. The lowest BCUT2D eigenvalue weighted by Crippen LogP contribution is -2.48. The minimum atomic E-state index is -0.590. The van der Waals surface area contributed by atoms with E-state index in [4.69, 9.17) is 10.00 Å². The number of fused-ring (bicyclic) bond motifs is 3. The van der Waals surface area contributed by atoms with Gasteiger partial charge in [0.1, 0.15) is 24.3 Å². The minimum absolute atomic E-state index is 0.0326. The van der Waals surface area contributed by atoms with Crippen molar-refractivity contribution in [2.45, 2.75) is 37.6 Å². The van der Waals surface area contributed by atoms with E-state index in [2.05, 4.69) is 20.5 Å². The van der Waals surface area contributed by atoms with E-state index in [-0.39, 0.29) is 30.0 Å². The van der Waals surface area contributed by atoms with Gasteiger partial charge in [-0.3, -0.25) is 9.36 Å². The Morgan fingerprint density at radius 2 is 2.16 bits per heavy atom. The van der Waals surface area contributed by atoms with Crippen molar-refractivity contribution in [1.82, 2.24) is 20.2 Å². The summed E-state index contributed by atoms with van der Waals surface area (Å²) in [5.41, 5.74) is -0.327. The molecule has 0 bridgehead atoms. The number of hydrogen-bond acceptors (Lipinski definition) is 7. The molecule has 9 nitrogen and oxygen atoms in total.